The zero-order valence-corrected chi connectivity index (χ0v) is 18.6. The molecular weight excluding hydrogens is 398 g/mol. The van der Waals surface area contributed by atoms with E-state index in [1.807, 2.05) is 92.2 Å². The Bertz CT molecular complexity index is 1190. The third-order valence-corrected chi connectivity index (χ3v) is 5.41. The Morgan fingerprint density at radius 1 is 0.875 bits per heavy atom. The van der Waals surface area contributed by atoms with Crippen LogP contribution in [0.1, 0.15) is 38.3 Å². The van der Waals surface area contributed by atoms with Gasteiger partial charge in [-0.05, 0) is 55.2 Å². The van der Waals surface area contributed by atoms with Crippen molar-refractivity contribution in [2.24, 2.45) is 0 Å². The minimum Gasteiger partial charge on any atom is -0.488 e. The molecule has 1 aromatic heterocycles. The molecule has 1 heterocycles. The lowest BCUT2D eigenvalue weighted by molar-refractivity contribution is 0.102. The highest BCUT2D eigenvalue weighted by Crippen LogP contribution is 2.23. The first-order chi connectivity index (χ1) is 15.5. The average molecular weight is 426 g/mol. The van der Waals surface area contributed by atoms with Gasteiger partial charge in [-0.1, -0.05) is 60.7 Å². The summed E-state index contributed by atoms with van der Waals surface area (Å²) >= 11 is 0. The van der Waals surface area contributed by atoms with Crippen molar-refractivity contribution in [1.82, 2.24) is 9.78 Å². The average Bonchev–Trinajstić information content (AvgIpc) is 3.13. The minimum absolute atomic E-state index is 0.184. The largest absolute Gasteiger partial charge is 0.488 e. The third kappa shape index (κ3) is 5.06. The summed E-state index contributed by atoms with van der Waals surface area (Å²) in [7, 11) is 0. The lowest BCUT2D eigenvalue weighted by Gasteiger charge is -2.12. The zero-order chi connectivity index (χ0) is 22.5. The molecule has 0 aliphatic carbocycles. The van der Waals surface area contributed by atoms with E-state index in [9.17, 15) is 4.79 Å². The third-order valence-electron chi connectivity index (χ3n) is 5.41. The number of para-hydroxylation sites is 1. The number of nitrogens with one attached hydrogen (secondary N) is 1. The first-order valence-corrected chi connectivity index (χ1v) is 10.7. The second-order valence-electron chi connectivity index (χ2n) is 7.97. The van der Waals surface area contributed by atoms with E-state index in [2.05, 4.69) is 22.5 Å². The zero-order valence-electron chi connectivity index (χ0n) is 18.6. The van der Waals surface area contributed by atoms with Gasteiger partial charge < -0.3 is 10.1 Å². The van der Waals surface area contributed by atoms with Crippen LogP contribution < -0.4 is 10.1 Å². The second kappa shape index (κ2) is 9.52. The number of benzene rings is 3. The molecule has 0 saturated carbocycles. The number of ether oxygens (including phenoxy) is 1. The Labute approximate surface area is 188 Å². The lowest BCUT2D eigenvalue weighted by atomic mass is 10.1. The smallest absolute Gasteiger partial charge is 0.256 e. The van der Waals surface area contributed by atoms with Gasteiger partial charge in [0.05, 0.1) is 6.54 Å². The van der Waals surface area contributed by atoms with Crippen LogP contribution in [0.15, 0.2) is 78.9 Å². The van der Waals surface area contributed by atoms with E-state index in [-0.39, 0.29) is 5.91 Å². The predicted molar refractivity (Wildman–Crippen MR) is 127 cm³/mol. The molecule has 0 aliphatic rings. The SMILES string of the molecule is Cc1cccc(C)c1OCc1ccc(C(=O)Nc2cc(C)n(Cc3ccccc3)n2)cc1. The molecule has 32 heavy (non-hydrogen) atoms. The van der Waals surface area contributed by atoms with Gasteiger partial charge in [-0.3, -0.25) is 9.48 Å². The van der Waals surface area contributed by atoms with Crippen LogP contribution in [0.2, 0.25) is 0 Å². The number of rotatable bonds is 7. The Morgan fingerprint density at radius 2 is 1.56 bits per heavy atom. The molecule has 0 unspecified atom stereocenters. The molecule has 0 saturated heterocycles. The molecular formula is C27H27N3O2. The Balaban J connectivity index is 1.37. The van der Waals surface area contributed by atoms with Gasteiger partial charge in [-0.15, -0.1) is 0 Å². The van der Waals surface area contributed by atoms with Crippen molar-refractivity contribution in [3.05, 3.63) is 112 Å². The molecule has 4 rings (SSSR count). The maximum absolute atomic E-state index is 12.7. The number of carbonyl (C=O) groups is 1. The van der Waals surface area contributed by atoms with Crippen molar-refractivity contribution in [3.63, 3.8) is 0 Å². The van der Waals surface area contributed by atoms with Crippen molar-refractivity contribution in [2.45, 2.75) is 33.9 Å². The van der Waals surface area contributed by atoms with Crippen LogP contribution in [-0.4, -0.2) is 15.7 Å². The predicted octanol–water partition coefficient (Wildman–Crippen LogP) is 5.69. The molecule has 0 bridgehead atoms. The van der Waals surface area contributed by atoms with Crippen LogP contribution in [0, 0.1) is 20.8 Å². The van der Waals surface area contributed by atoms with Gasteiger partial charge in [0.15, 0.2) is 5.82 Å². The first-order valence-electron chi connectivity index (χ1n) is 10.7. The van der Waals surface area contributed by atoms with Crippen LogP contribution in [-0.2, 0) is 13.2 Å². The first kappa shape index (κ1) is 21.4. The molecule has 0 aliphatic heterocycles. The maximum atomic E-state index is 12.7. The maximum Gasteiger partial charge on any atom is 0.256 e. The summed E-state index contributed by atoms with van der Waals surface area (Å²) in [6.07, 6.45) is 0. The van der Waals surface area contributed by atoms with Crippen LogP contribution >= 0.6 is 0 Å². The van der Waals surface area contributed by atoms with Crippen LogP contribution in [0.3, 0.4) is 0 Å². The van der Waals surface area contributed by atoms with Crippen molar-refractivity contribution < 1.29 is 9.53 Å². The topological polar surface area (TPSA) is 56.1 Å². The molecule has 3 aromatic carbocycles. The van der Waals surface area contributed by atoms with E-state index in [1.165, 1.54) is 0 Å². The molecule has 5 nitrogen and oxygen atoms in total. The fourth-order valence-electron chi connectivity index (χ4n) is 3.61. The quantitative estimate of drug-likeness (QED) is 0.414. The molecule has 4 aromatic rings. The molecule has 0 spiro atoms. The number of hydrogen-bond donors (Lipinski definition) is 1. The van der Waals surface area contributed by atoms with Crippen molar-refractivity contribution in [3.8, 4) is 5.75 Å². The number of hydrogen-bond acceptors (Lipinski definition) is 3. The number of nitrogens with zero attached hydrogens (tertiary/aromatic N) is 2. The number of anilines is 1. The Morgan fingerprint density at radius 3 is 2.25 bits per heavy atom. The van der Waals surface area contributed by atoms with Crippen LogP contribution in [0.25, 0.3) is 0 Å². The summed E-state index contributed by atoms with van der Waals surface area (Å²) < 4.78 is 7.89. The van der Waals surface area contributed by atoms with E-state index in [0.717, 1.165) is 33.7 Å². The van der Waals surface area contributed by atoms with Gasteiger partial charge in [0.1, 0.15) is 12.4 Å². The Kier molecular flexibility index (Phi) is 6.36. The van der Waals surface area contributed by atoms with Crippen molar-refractivity contribution in [1.29, 1.82) is 0 Å². The standard InChI is InChI=1S/C27H27N3O2/c1-19-8-7-9-20(2)26(19)32-18-23-12-14-24(15-13-23)27(31)28-25-16-21(3)30(29-25)17-22-10-5-4-6-11-22/h4-16H,17-18H2,1-3H3,(H,28,29,31). The van der Waals surface area contributed by atoms with Gasteiger partial charge in [0.2, 0.25) is 0 Å². The number of amides is 1. The normalized spacial score (nSPS) is 10.7. The van der Waals surface area contributed by atoms with Gasteiger partial charge >= 0.3 is 0 Å². The van der Waals surface area contributed by atoms with Crippen molar-refractivity contribution >= 4 is 11.7 Å². The summed E-state index contributed by atoms with van der Waals surface area (Å²) in [5.74, 6) is 1.28. The highest BCUT2D eigenvalue weighted by molar-refractivity contribution is 6.03. The molecule has 162 valence electrons. The molecule has 0 fully saturated rings. The van der Waals surface area contributed by atoms with E-state index in [0.29, 0.717) is 24.5 Å². The summed E-state index contributed by atoms with van der Waals surface area (Å²) in [6.45, 7) is 7.18. The number of carbonyl (C=O) groups excluding carboxylic acids is 1. The van der Waals surface area contributed by atoms with Gasteiger partial charge in [0, 0.05) is 17.3 Å². The van der Waals surface area contributed by atoms with Crippen molar-refractivity contribution in [2.75, 3.05) is 5.32 Å². The highest BCUT2D eigenvalue weighted by Gasteiger charge is 2.11. The molecule has 0 atom stereocenters. The fourth-order valence-corrected chi connectivity index (χ4v) is 3.61. The molecule has 1 N–H and O–H groups in total. The monoisotopic (exact) mass is 425 g/mol. The van der Waals surface area contributed by atoms with Gasteiger partial charge in [-0.2, -0.15) is 5.10 Å². The van der Waals surface area contributed by atoms with E-state index >= 15 is 0 Å². The minimum atomic E-state index is -0.184. The fraction of sp³-hybridized carbons (Fsp3) is 0.185. The summed E-state index contributed by atoms with van der Waals surface area (Å²) in [5, 5.41) is 7.43. The molecule has 1 amide bonds. The Hall–Kier alpha value is -3.86. The highest BCUT2D eigenvalue weighted by atomic mass is 16.5. The second-order valence-corrected chi connectivity index (χ2v) is 7.97. The van der Waals surface area contributed by atoms with Gasteiger partial charge in [0.25, 0.3) is 5.91 Å². The van der Waals surface area contributed by atoms with Crippen LogP contribution in [0.4, 0.5) is 5.82 Å². The molecule has 5 heteroatoms. The number of aromatic nitrogens is 2. The van der Waals surface area contributed by atoms with Crippen LogP contribution in [0.5, 0.6) is 5.75 Å². The lowest BCUT2D eigenvalue weighted by Crippen LogP contribution is -2.13. The summed E-state index contributed by atoms with van der Waals surface area (Å²) in [6, 6.07) is 25.6. The van der Waals surface area contributed by atoms with E-state index in [1.54, 1.807) is 0 Å². The summed E-state index contributed by atoms with van der Waals surface area (Å²) in [5.41, 5.74) is 5.97. The number of aryl methyl sites for hydroxylation is 3. The van der Waals surface area contributed by atoms with Gasteiger partial charge in [-0.25, -0.2) is 0 Å². The molecule has 0 radical (unpaired) electrons. The van der Waals surface area contributed by atoms with E-state index in [4.69, 9.17) is 4.74 Å². The summed E-state index contributed by atoms with van der Waals surface area (Å²) in [4.78, 5) is 12.7. The van der Waals surface area contributed by atoms with E-state index < -0.39 is 0 Å².